The van der Waals surface area contributed by atoms with Gasteiger partial charge in [0.15, 0.2) is 0 Å². The van der Waals surface area contributed by atoms with E-state index in [1.54, 1.807) is 18.3 Å². The van der Waals surface area contributed by atoms with E-state index >= 15 is 0 Å². The van der Waals surface area contributed by atoms with Crippen molar-refractivity contribution in [2.45, 2.75) is 25.8 Å². The third kappa shape index (κ3) is 2.83. The summed E-state index contributed by atoms with van der Waals surface area (Å²) in [6, 6.07) is 2.98. The van der Waals surface area contributed by atoms with Crippen molar-refractivity contribution in [1.29, 1.82) is 0 Å². The predicted molar refractivity (Wildman–Crippen MR) is 69.8 cm³/mol. The lowest BCUT2D eigenvalue weighted by Crippen LogP contribution is -2.35. The van der Waals surface area contributed by atoms with E-state index in [1.165, 1.54) is 12.0 Å². The Balaban J connectivity index is 2.03. The molecular weight excluding hydrogens is 246 g/mol. The van der Waals surface area contributed by atoms with Gasteiger partial charge in [0.05, 0.1) is 25.4 Å². The number of nitrogens with one attached hydrogen (secondary N) is 1. The zero-order chi connectivity index (χ0) is 13.8. The second-order valence-corrected chi connectivity index (χ2v) is 4.37. The normalized spacial score (nSPS) is 18.8. The van der Waals surface area contributed by atoms with Gasteiger partial charge < -0.3 is 10.1 Å². The third-order valence-corrected chi connectivity index (χ3v) is 2.98. The van der Waals surface area contributed by atoms with E-state index in [9.17, 15) is 9.59 Å². The molecule has 2 heterocycles. The minimum absolute atomic E-state index is 0.120. The summed E-state index contributed by atoms with van der Waals surface area (Å²) < 4.78 is 4.96. The fourth-order valence-electron chi connectivity index (χ4n) is 2.04. The average molecular weight is 263 g/mol. The van der Waals surface area contributed by atoms with E-state index in [0.717, 1.165) is 6.42 Å². The summed E-state index contributed by atoms with van der Waals surface area (Å²) in [5, 5.41) is 3.03. The zero-order valence-electron chi connectivity index (χ0n) is 11.0. The Bertz CT molecular complexity index is 473. The van der Waals surface area contributed by atoms with Crippen LogP contribution in [0.15, 0.2) is 18.3 Å². The van der Waals surface area contributed by atoms with Crippen LogP contribution in [-0.2, 0) is 9.59 Å². The molecule has 0 spiro atoms. The molecule has 6 nitrogen and oxygen atoms in total. The van der Waals surface area contributed by atoms with Crippen molar-refractivity contribution in [2.75, 3.05) is 19.0 Å². The SMILES string of the molecule is CCCN1C(=O)CC(Nc2ccc(OC)nc2)C1=O. The number of hydrogen-bond acceptors (Lipinski definition) is 5. The molecule has 1 aliphatic heterocycles. The molecule has 6 heteroatoms. The van der Waals surface area contributed by atoms with Crippen molar-refractivity contribution < 1.29 is 14.3 Å². The number of rotatable bonds is 5. The highest BCUT2D eigenvalue weighted by molar-refractivity contribution is 6.06. The number of carbonyl (C=O) groups is 2. The van der Waals surface area contributed by atoms with E-state index in [2.05, 4.69) is 10.3 Å². The Morgan fingerprint density at radius 3 is 2.84 bits per heavy atom. The standard InChI is InChI=1S/C13H17N3O3/c1-3-6-16-12(17)7-10(13(16)18)15-9-4-5-11(19-2)14-8-9/h4-5,8,10,15H,3,6-7H2,1-2H3. The molecule has 2 rings (SSSR count). The number of nitrogens with zero attached hydrogens (tertiary/aromatic N) is 2. The molecule has 102 valence electrons. The Morgan fingerprint density at radius 1 is 1.47 bits per heavy atom. The molecule has 1 atom stereocenters. The van der Waals surface area contributed by atoms with Crippen molar-refractivity contribution in [3.8, 4) is 5.88 Å². The third-order valence-electron chi connectivity index (χ3n) is 2.98. The van der Waals surface area contributed by atoms with Crippen molar-refractivity contribution in [3.63, 3.8) is 0 Å². The molecule has 0 aromatic carbocycles. The molecule has 1 saturated heterocycles. The molecule has 1 aromatic rings. The highest BCUT2D eigenvalue weighted by Crippen LogP contribution is 2.19. The summed E-state index contributed by atoms with van der Waals surface area (Å²) in [5.41, 5.74) is 0.699. The first kappa shape index (κ1) is 13.3. The zero-order valence-corrected chi connectivity index (χ0v) is 11.0. The summed E-state index contributed by atoms with van der Waals surface area (Å²) in [5.74, 6) is 0.223. The molecular formula is C13H17N3O3. The second kappa shape index (κ2) is 5.69. The maximum absolute atomic E-state index is 12.0. The minimum atomic E-state index is -0.491. The largest absolute Gasteiger partial charge is 0.481 e. The fraction of sp³-hybridized carbons (Fsp3) is 0.462. The van der Waals surface area contributed by atoms with Gasteiger partial charge in [0.1, 0.15) is 6.04 Å². The van der Waals surface area contributed by atoms with E-state index in [4.69, 9.17) is 4.74 Å². The van der Waals surface area contributed by atoms with Crippen molar-refractivity contribution in [1.82, 2.24) is 9.88 Å². The number of amides is 2. The number of ether oxygens (including phenoxy) is 1. The molecule has 1 N–H and O–H groups in total. The monoisotopic (exact) mass is 263 g/mol. The first-order valence-electron chi connectivity index (χ1n) is 6.26. The van der Waals surface area contributed by atoms with Crippen LogP contribution in [0, 0.1) is 0 Å². The fourth-order valence-corrected chi connectivity index (χ4v) is 2.04. The molecule has 1 aromatic heterocycles. The summed E-state index contributed by atoms with van der Waals surface area (Å²) in [6.07, 6.45) is 2.55. The summed E-state index contributed by atoms with van der Waals surface area (Å²) in [7, 11) is 1.54. The van der Waals surface area contributed by atoms with Gasteiger partial charge in [-0.3, -0.25) is 14.5 Å². The maximum atomic E-state index is 12.0. The van der Waals surface area contributed by atoms with Crippen LogP contribution in [0.2, 0.25) is 0 Å². The Kier molecular flexibility index (Phi) is 3.99. The van der Waals surface area contributed by atoms with E-state index in [1.807, 2.05) is 6.92 Å². The quantitative estimate of drug-likeness (QED) is 0.804. The van der Waals surface area contributed by atoms with Gasteiger partial charge in [0.2, 0.25) is 11.8 Å². The topological polar surface area (TPSA) is 71.5 Å². The Hall–Kier alpha value is -2.11. The number of methoxy groups -OCH3 is 1. The molecule has 0 bridgehead atoms. The lowest BCUT2D eigenvalue weighted by molar-refractivity contribution is -0.138. The van der Waals surface area contributed by atoms with Gasteiger partial charge in [-0.15, -0.1) is 0 Å². The number of anilines is 1. The smallest absolute Gasteiger partial charge is 0.252 e. The van der Waals surface area contributed by atoms with Gasteiger partial charge in [-0.2, -0.15) is 0 Å². The minimum Gasteiger partial charge on any atom is -0.481 e. The van der Waals surface area contributed by atoms with Crippen LogP contribution in [0.3, 0.4) is 0 Å². The summed E-state index contributed by atoms with van der Waals surface area (Å²) >= 11 is 0. The molecule has 0 saturated carbocycles. The molecule has 2 amide bonds. The number of likely N-dealkylation sites (tertiary alicyclic amines) is 1. The Labute approximate surface area is 111 Å². The number of carbonyl (C=O) groups excluding carboxylic acids is 2. The van der Waals surface area contributed by atoms with Crippen LogP contribution in [0.25, 0.3) is 0 Å². The van der Waals surface area contributed by atoms with Crippen LogP contribution in [0.1, 0.15) is 19.8 Å². The molecule has 19 heavy (non-hydrogen) atoms. The summed E-state index contributed by atoms with van der Waals surface area (Å²) in [4.78, 5) is 29.1. The molecule has 1 fully saturated rings. The van der Waals surface area contributed by atoms with Crippen molar-refractivity contribution in [2.24, 2.45) is 0 Å². The number of pyridine rings is 1. The van der Waals surface area contributed by atoms with Gasteiger partial charge >= 0.3 is 0 Å². The first-order valence-corrected chi connectivity index (χ1v) is 6.26. The molecule has 0 aliphatic carbocycles. The highest BCUT2D eigenvalue weighted by atomic mass is 16.5. The lowest BCUT2D eigenvalue weighted by atomic mass is 10.2. The van der Waals surface area contributed by atoms with Crippen LogP contribution in [0.5, 0.6) is 5.88 Å². The van der Waals surface area contributed by atoms with Crippen molar-refractivity contribution >= 4 is 17.5 Å². The number of imide groups is 1. The molecule has 1 unspecified atom stereocenters. The highest BCUT2D eigenvalue weighted by Gasteiger charge is 2.37. The van der Waals surface area contributed by atoms with Gasteiger partial charge in [0, 0.05) is 12.6 Å². The van der Waals surface area contributed by atoms with Gasteiger partial charge in [0.25, 0.3) is 5.91 Å². The van der Waals surface area contributed by atoms with E-state index in [-0.39, 0.29) is 18.2 Å². The van der Waals surface area contributed by atoms with Crippen LogP contribution >= 0.6 is 0 Å². The average Bonchev–Trinajstić information content (AvgIpc) is 2.68. The van der Waals surface area contributed by atoms with Gasteiger partial charge in [-0.05, 0) is 12.5 Å². The van der Waals surface area contributed by atoms with Crippen LogP contribution in [0.4, 0.5) is 5.69 Å². The van der Waals surface area contributed by atoms with Gasteiger partial charge in [-0.25, -0.2) is 4.98 Å². The number of hydrogen-bond donors (Lipinski definition) is 1. The second-order valence-electron chi connectivity index (χ2n) is 4.37. The van der Waals surface area contributed by atoms with Crippen LogP contribution < -0.4 is 10.1 Å². The van der Waals surface area contributed by atoms with E-state index in [0.29, 0.717) is 18.1 Å². The number of aromatic nitrogens is 1. The first-order chi connectivity index (χ1) is 9.15. The Morgan fingerprint density at radius 2 is 2.26 bits per heavy atom. The molecule has 0 radical (unpaired) electrons. The molecule has 1 aliphatic rings. The van der Waals surface area contributed by atoms with Crippen LogP contribution in [-0.4, -0.2) is 41.4 Å². The lowest BCUT2D eigenvalue weighted by Gasteiger charge is -2.15. The summed E-state index contributed by atoms with van der Waals surface area (Å²) in [6.45, 7) is 2.42. The predicted octanol–water partition coefficient (Wildman–Crippen LogP) is 1.04. The maximum Gasteiger partial charge on any atom is 0.252 e. The van der Waals surface area contributed by atoms with Crippen molar-refractivity contribution in [3.05, 3.63) is 18.3 Å². The van der Waals surface area contributed by atoms with E-state index < -0.39 is 6.04 Å². The van der Waals surface area contributed by atoms with Gasteiger partial charge in [-0.1, -0.05) is 6.92 Å².